The molecule has 0 saturated heterocycles. The maximum Gasteiger partial charge on any atom is 0.0687 e. The molecule has 0 fully saturated rings. The van der Waals surface area contributed by atoms with Gasteiger partial charge >= 0.3 is 0 Å². The van der Waals surface area contributed by atoms with Gasteiger partial charge in [-0.15, -0.1) is 0 Å². The predicted molar refractivity (Wildman–Crippen MR) is 85.5 cm³/mol. The van der Waals surface area contributed by atoms with Gasteiger partial charge < -0.3 is 5.32 Å². The van der Waals surface area contributed by atoms with Gasteiger partial charge in [0.25, 0.3) is 0 Å². The summed E-state index contributed by atoms with van der Waals surface area (Å²) in [6.07, 6.45) is 6.25. The van der Waals surface area contributed by atoms with Crippen molar-refractivity contribution in [1.82, 2.24) is 10.3 Å². The monoisotopic (exact) mass is 421 g/mol. The Bertz CT molecular complexity index is 419. The van der Waals surface area contributed by atoms with Crippen molar-refractivity contribution in [1.29, 1.82) is 5.26 Å². The van der Waals surface area contributed by atoms with Gasteiger partial charge in [-0.1, -0.05) is 38.5 Å². The molecule has 0 aromatic carbocycles. The molecular weight excluding hydrogens is 405 g/mol. The molecular formula is C13H17BrIN3. The van der Waals surface area contributed by atoms with Crippen molar-refractivity contribution in [3.63, 3.8) is 0 Å². The Morgan fingerprint density at radius 3 is 2.94 bits per heavy atom. The molecule has 0 saturated carbocycles. The van der Waals surface area contributed by atoms with Gasteiger partial charge in [0, 0.05) is 21.4 Å². The zero-order valence-electron chi connectivity index (χ0n) is 10.4. The molecule has 0 spiro atoms. The lowest BCUT2D eigenvalue weighted by molar-refractivity contribution is 0.368. The quantitative estimate of drug-likeness (QED) is 0.316. The van der Waals surface area contributed by atoms with Crippen LogP contribution in [0, 0.1) is 16.7 Å². The van der Waals surface area contributed by atoms with E-state index >= 15 is 0 Å². The number of aryl methyl sites for hydroxylation is 1. The Kier molecular flexibility index (Phi) is 7.12. The highest BCUT2D eigenvalue weighted by Crippen LogP contribution is 2.28. The molecule has 5 heteroatoms. The Balaban J connectivity index is 2.54. The Morgan fingerprint density at radius 2 is 2.33 bits per heavy atom. The fraction of sp³-hybridized carbons (Fsp3) is 0.538. The first-order valence-corrected chi connectivity index (χ1v) is 8.19. The molecule has 0 aliphatic carbocycles. The molecule has 98 valence electrons. The molecule has 1 N–H and O–H groups in total. The van der Waals surface area contributed by atoms with Crippen LogP contribution in [-0.4, -0.2) is 16.1 Å². The molecule has 3 nitrogen and oxygen atoms in total. The number of nitrogens with one attached hydrogen (secondary N) is 1. The van der Waals surface area contributed by atoms with E-state index in [0.29, 0.717) is 0 Å². The average Bonchev–Trinajstić information content (AvgIpc) is 2.38. The summed E-state index contributed by atoms with van der Waals surface area (Å²) in [6.45, 7) is 2.92. The summed E-state index contributed by atoms with van der Waals surface area (Å²) in [5.41, 5.74) is 0.898. The summed E-state index contributed by atoms with van der Waals surface area (Å²) in [4.78, 5) is 4.12. The van der Waals surface area contributed by atoms with Crippen LogP contribution in [0.15, 0.2) is 22.9 Å². The molecule has 0 aliphatic heterocycles. The van der Waals surface area contributed by atoms with Crippen LogP contribution in [0.3, 0.4) is 0 Å². The molecule has 1 atom stereocenters. The molecule has 1 rings (SSSR count). The van der Waals surface area contributed by atoms with Crippen LogP contribution >= 0.6 is 38.5 Å². The van der Waals surface area contributed by atoms with E-state index in [2.05, 4.69) is 54.9 Å². The number of nitriles is 1. The van der Waals surface area contributed by atoms with Crippen LogP contribution in [-0.2, 0) is 6.42 Å². The third-order valence-corrected chi connectivity index (χ3v) is 4.32. The second-order valence-electron chi connectivity index (χ2n) is 4.52. The zero-order valence-corrected chi connectivity index (χ0v) is 14.2. The van der Waals surface area contributed by atoms with Crippen LogP contribution in [0.2, 0.25) is 0 Å². The van der Waals surface area contributed by atoms with Crippen LogP contribution in [0.1, 0.15) is 25.3 Å². The molecule has 0 aliphatic rings. The highest BCUT2D eigenvalue weighted by Gasteiger charge is 2.23. The number of halogens is 2. The lowest BCUT2D eigenvalue weighted by atomic mass is 9.82. The maximum absolute atomic E-state index is 9.32. The van der Waals surface area contributed by atoms with E-state index in [1.54, 1.807) is 6.20 Å². The number of nitrogens with zero attached hydrogens (tertiary/aromatic N) is 2. The second kappa shape index (κ2) is 8.08. The normalized spacial score (nSPS) is 13.9. The first kappa shape index (κ1) is 15.9. The van der Waals surface area contributed by atoms with E-state index in [4.69, 9.17) is 0 Å². The number of hydrogen-bond donors (Lipinski definition) is 1. The van der Waals surface area contributed by atoms with E-state index in [9.17, 15) is 5.26 Å². The zero-order chi connectivity index (χ0) is 13.4. The minimum Gasteiger partial charge on any atom is -0.308 e. The number of alkyl halides is 1. The smallest absolute Gasteiger partial charge is 0.0687 e. The molecule has 0 radical (unpaired) electrons. The van der Waals surface area contributed by atoms with Gasteiger partial charge in [0.15, 0.2) is 0 Å². The third kappa shape index (κ3) is 5.21. The van der Waals surface area contributed by atoms with Crippen LogP contribution in [0.25, 0.3) is 0 Å². The van der Waals surface area contributed by atoms with Gasteiger partial charge in [0.1, 0.15) is 0 Å². The van der Waals surface area contributed by atoms with Crippen LogP contribution < -0.4 is 5.32 Å². The first-order valence-electron chi connectivity index (χ1n) is 5.87. The summed E-state index contributed by atoms with van der Waals surface area (Å²) >= 11 is 5.79. The SMILES string of the molecule is CC(C#N)(CCNCI)CCc1cnccc1Br. The van der Waals surface area contributed by atoms with Gasteiger partial charge in [-0.05, 0) is 44.4 Å². The Morgan fingerprint density at radius 1 is 1.56 bits per heavy atom. The van der Waals surface area contributed by atoms with Crippen LogP contribution in [0.5, 0.6) is 0 Å². The maximum atomic E-state index is 9.32. The lowest BCUT2D eigenvalue weighted by Crippen LogP contribution is -2.23. The summed E-state index contributed by atoms with van der Waals surface area (Å²) < 4.78 is 2.00. The number of aromatic nitrogens is 1. The molecule has 1 aromatic heterocycles. The fourth-order valence-corrected chi connectivity index (χ4v) is 2.47. The Labute approximate surface area is 131 Å². The van der Waals surface area contributed by atoms with Crippen LogP contribution in [0.4, 0.5) is 0 Å². The highest BCUT2D eigenvalue weighted by atomic mass is 127. The van der Waals surface area contributed by atoms with E-state index in [1.165, 1.54) is 5.56 Å². The molecule has 1 heterocycles. The highest BCUT2D eigenvalue weighted by molar-refractivity contribution is 14.1. The summed E-state index contributed by atoms with van der Waals surface area (Å²) in [5.74, 6) is 0. The Hall–Kier alpha value is -0.190. The minimum absolute atomic E-state index is 0.270. The van der Waals surface area contributed by atoms with Crippen molar-refractivity contribution in [2.24, 2.45) is 5.41 Å². The molecule has 18 heavy (non-hydrogen) atoms. The van der Waals surface area contributed by atoms with Gasteiger partial charge in [-0.3, -0.25) is 4.98 Å². The molecule has 0 bridgehead atoms. The second-order valence-corrected chi connectivity index (χ2v) is 6.14. The van der Waals surface area contributed by atoms with Gasteiger partial charge in [0.2, 0.25) is 0 Å². The van der Waals surface area contributed by atoms with E-state index < -0.39 is 0 Å². The van der Waals surface area contributed by atoms with Crippen molar-refractivity contribution in [3.8, 4) is 6.07 Å². The fourth-order valence-electron chi connectivity index (χ4n) is 1.67. The first-order chi connectivity index (χ1) is 8.61. The summed E-state index contributed by atoms with van der Waals surface area (Å²) in [6, 6.07) is 4.39. The largest absolute Gasteiger partial charge is 0.308 e. The van der Waals surface area contributed by atoms with Crippen molar-refractivity contribution in [3.05, 3.63) is 28.5 Å². The van der Waals surface area contributed by atoms with E-state index in [1.807, 2.05) is 19.2 Å². The number of rotatable bonds is 7. The minimum atomic E-state index is -0.270. The van der Waals surface area contributed by atoms with Gasteiger partial charge in [-0.2, -0.15) is 5.26 Å². The van der Waals surface area contributed by atoms with E-state index in [0.717, 1.165) is 34.8 Å². The van der Waals surface area contributed by atoms with Crippen molar-refractivity contribution in [2.75, 3.05) is 11.1 Å². The number of hydrogen-bond acceptors (Lipinski definition) is 3. The summed E-state index contributed by atoms with van der Waals surface area (Å²) in [5, 5.41) is 12.6. The number of pyridine rings is 1. The van der Waals surface area contributed by atoms with Gasteiger partial charge in [0.05, 0.1) is 11.5 Å². The van der Waals surface area contributed by atoms with E-state index in [-0.39, 0.29) is 5.41 Å². The average molecular weight is 422 g/mol. The topological polar surface area (TPSA) is 48.7 Å². The standard InChI is InChI=1S/C13H17BrIN3/c1-13(9-16,5-7-18-10-15)4-2-11-8-17-6-3-12(11)14/h3,6,8,18H,2,4-5,7,10H2,1H3. The summed E-state index contributed by atoms with van der Waals surface area (Å²) in [7, 11) is 0. The van der Waals surface area contributed by atoms with Crippen molar-refractivity contribution < 1.29 is 0 Å². The molecule has 0 amide bonds. The van der Waals surface area contributed by atoms with Crippen molar-refractivity contribution in [2.45, 2.75) is 26.2 Å². The molecule has 1 aromatic rings. The van der Waals surface area contributed by atoms with Gasteiger partial charge in [-0.25, -0.2) is 0 Å². The van der Waals surface area contributed by atoms with Crippen molar-refractivity contribution >= 4 is 38.5 Å². The molecule has 1 unspecified atom stereocenters. The third-order valence-electron chi connectivity index (χ3n) is 3.01. The lowest BCUT2D eigenvalue weighted by Gasteiger charge is -2.21. The predicted octanol–water partition coefficient (Wildman–Crippen LogP) is 3.68.